The Bertz CT molecular complexity index is 294. The molecule has 0 bridgehead atoms. The van der Waals surface area contributed by atoms with Crippen molar-refractivity contribution in [2.75, 3.05) is 6.54 Å². The fraction of sp³-hybridized carbons (Fsp3) is 0.500. The molecular formula is C12H17BrFN. The summed E-state index contributed by atoms with van der Waals surface area (Å²) in [6, 6.07) is 5.21. The molecule has 0 saturated heterocycles. The van der Waals surface area contributed by atoms with Gasteiger partial charge in [0.25, 0.3) is 0 Å². The van der Waals surface area contributed by atoms with Crippen LogP contribution in [0.15, 0.2) is 22.7 Å². The predicted molar refractivity (Wildman–Crippen MR) is 65.4 cm³/mol. The van der Waals surface area contributed by atoms with Crippen LogP contribution in [0.4, 0.5) is 4.39 Å². The van der Waals surface area contributed by atoms with Gasteiger partial charge in [-0.05, 0) is 31.5 Å². The lowest BCUT2D eigenvalue weighted by molar-refractivity contribution is 0.486. The first-order chi connectivity index (χ1) is 7.20. The second-order valence-electron chi connectivity index (χ2n) is 3.55. The van der Waals surface area contributed by atoms with Crippen molar-refractivity contribution in [1.82, 2.24) is 5.32 Å². The Kier molecular flexibility index (Phi) is 5.26. The van der Waals surface area contributed by atoms with E-state index < -0.39 is 0 Å². The van der Waals surface area contributed by atoms with Crippen LogP contribution in [0, 0.1) is 5.82 Å². The third-order valence-electron chi connectivity index (χ3n) is 2.40. The van der Waals surface area contributed by atoms with Crippen LogP contribution >= 0.6 is 15.9 Å². The second-order valence-corrected chi connectivity index (χ2v) is 4.40. The monoisotopic (exact) mass is 273 g/mol. The van der Waals surface area contributed by atoms with Crippen molar-refractivity contribution in [2.45, 2.75) is 32.7 Å². The smallest absolute Gasteiger partial charge is 0.129 e. The molecule has 0 aliphatic heterocycles. The van der Waals surface area contributed by atoms with Gasteiger partial charge in [0.1, 0.15) is 5.82 Å². The second kappa shape index (κ2) is 6.23. The normalized spacial score (nSPS) is 12.8. The quantitative estimate of drug-likeness (QED) is 0.854. The largest absolute Gasteiger partial charge is 0.310 e. The highest BCUT2D eigenvalue weighted by Gasteiger charge is 2.15. The summed E-state index contributed by atoms with van der Waals surface area (Å²) in [5.74, 6) is -0.139. The van der Waals surface area contributed by atoms with Crippen LogP contribution in [-0.4, -0.2) is 6.54 Å². The number of rotatable bonds is 5. The van der Waals surface area contributed by atoms with E-state index in [1.54, 1.807) is 6.07 Å². The number of benzene rings is 1. The fourth-order valence-electron chi connectivity index (χ4n) is 1.61. The highest BCUT2D eigenvalue weighted by Crippen LogP contribution is 2.28. The standard InChI is InChI=1S/C12H17BrFN/c1-3-8-15-11(4-2)12-9(13)6-5-7-10(12)14/h5-7,11,15H,3-4,8H2,1-2H3. The summed E-state index contributed by atoms with van der Waals surface area (Å²) < 4.78 is 14.5. The summed E-state index contributed by atoms with van der Waals surface area (Å²) in [6.07, 6.45) is 1.95. The van der Waals surface area contributed by atoms with Crippen molar-refractivity contribution in [1.29, 1.82) is 0 Å². The average Bonchev–Trinajstić information content (AvgIpc) is 2.22. The Balaban J connectivity index is 2.90. The number of hydrogen-bond acceptors (Lipinski definition) is 1. The highest BCUT2D eigenvalue weighted by molar-refractivity contribution is 9.10. The minimum atomic E-state index is -0.139. The molecule has 0 spiro atoms. The van der Waals surface area contributed by atoms with Gasteiger partial charge in [0, 0.05) is 16.1 Å². The third-order valence-corrected chi connectivity index (χ3v) is 3.09. The van der Waals surface area contributed by atoms with Crippen molar-refractivity contribution < 1.29 is 4.39 Å². The van der Waals surface area contributed by atoms with Crippen molar-refractivity contribution >= 4 is 15.9 Å². The zero-order valence-electron chi connectivity index (χ0n) is 9.19. The lowest BCUT2D eigenvalue weighted by atomic mass is 10.0. The van der Waals surface area contributed by atoms with Crippen LogP contribution in [0.25, 0.3) is 0 Å². The SMILES string of the molecule is CCCNC(CC)c1c(F)cccc1Br. The highest BCUT2D eigenvalue weighted by atomic mass is 79.9. The maximum Gasteiger partial charge on any atom is 0.129 e. The molecule has 0 heterocycles. The van der Waals surface area contributed by atoms with Gasteiger partial charge in [-0.2, -0.15) is 0 Å². The molecule has 15 heavy (non-hydrogen) atoms. The van der Waals surface area contributed by atoms with Crippen LogP contribution in [-0.2, 0) is 0 Å². The summed E-state index contributed by atoms with van der Waals surface area (Å²) in [6.45, 7) is 5.08. The van der Waals surface area contributed by atoms with E-state index >= 15 is 0 Å². The average molecular weight is 274 g/mol. The van der Waals surface area contributed by atoms with Gasteiger partial charge in [0.05, 0.1) is 0 Å². The molecule has 1 N–H and O–H groups in total. The summed E-state index contributed by atoms with van der Waals surface area (Å²) in [5.41, 5.74) is 0.744. The Morgan fingerprint density at radius 3 is 2.67 bits per heavy atom. The molecule has 0 aromatic heterocycles. The van der Waals surface area contributed by atoms with E-state index in [0.29, 0.717) is 0 Å². The summed E-state index contributed by atoms with van der Waals surface area (Å²) >= 11 is 3.40. The molecule has 0 saturated carbocycles. The van der Waals surface area contributed by atoms with Crippen LogP contribution < -0.4 is 5.32 Å². The first-order valence-corrected chi connectivity index (χ1v) is 6.17. The van der Waals surface area contributed by atoms with Gasteiger partial charge in [0.2, 0.25) is 0 Å². The Labute approximate surface area is 99.2 Å². The topological polar surface area (TPSA) is 12.0 Å². The van der Waals surface area contributed by atoms with Gasteiger partial charge in [-0.25, -0.2) is 4.39 Å². The number of hydrogen-bond donors (Lipinski definition) is 1. The molecule has 0 aliphatic carbocycles. The van der Waals surface area contributed by atoms with Crippen LogP contribution in [0.1, 0.15) is 38.3 Å². The van der Waals surface area contributed by atoms with Crippen LogP contribution in [0.2, 0.25) is 0 Å². The van der Waals surface area contributed by atoms with Gasteiger partial charge in [0.15, 0.2) is 0 Å². The molecule has 1 nitrogen and oxygen atoms in total. The zero-order chi connectivity index (χ0) is 11.3. The van der Waals surface area contributed by atoms with E-state index in [9.17, 15) is 4.39 Å². The van der Waals surface area contributed by atoms with Crippen LogP contribution in [0.3, 0.4) is 0 Å². The number of halogens is 2. The van der Waals surface area contributed by atoms with Crippen molar-refractivity contribution in [3.8, 4) is 0 Å². The lowest BCUT2D eigenvalue weighted by Gasteiger charge is -2.19. The molecule has 1 unspecified atom stereocenters. The first kappa shape index (κ1) is 12.7. The third kappa shape index (κ3) is 3.28. The Morgan fingerprint density at radius 2 is 2.13 bits per heavy atom. The molecule has 0 amide bonds. The predicted octanol–water partition coefficient (Wildman–Crippen LogP) is 4.04. The van der Waals surface area contributed by atoms with E-state index in [-0.39, 0.29) is 11.9 Å². The molecule has 0 aliphatic rings. The minimum Gasteiger partial charge on any atom is -0.310 e. The van der Waals surface area contributed by atoms with Gasteiger partial charge < -0.3 is 5.32 Å². The van der Waals surface area contributed by atoms with Crippen molar-refractivity contribution in [2.24, 2.45) is 0 Å². The molecular weight excluding hydrogens is 257 g/mol. The van der Waals surface area contributed by atoms with Gasteiger partial charge in [-0.3, -0.25) is 0 Å². The molecule has 1 aromatic carbocycles. The Morgan fingerprint density at radius 1 is 1.40 bits per heavy atom. The van der Waals surface area contributed by atoms with Crippen molar-refractivity contribution in [3.05, 3.63) is 34.1 Å². The van der Waals surface area contributed by atoms with Gasteiger partial charge in [-0.15, -0.1) is 0 Å². The Hall–Kier alpha value is -0.410. The van der Waals surface area contributed by atoms with E-state index in [2.05, 4.69) is 35.1 Å². The fourth-order valence-corrected chi connectivity index (χ4v) is 2.23. The van der Waals surface area contributed by atoms with E-state index in [1.165, 1.54) is 6.07 Å². The molecule has 0 fully saturated rings. The number of nitrogens with one attached hydrogen (secondary N) is 1. The molecule has 1 rings (SSSR count). The van der Waals surface area contributed by atoms with Gasteiger partial charge in [-0.1, -0.05) is 35.8 Å². The summed E-state index contributed by atoms with van der Waals surface area (Å²) in [5, 5.41) is 3.35. The molecule has 3 heteroatoms. The first-order valence-electron chi connectivity index (χ1n) is 5.38. The maximum atomic E-state index is 13.6. The summed E-state index contributed by atoms with van der Waals surface area (Å²) in [4.78, 5) is 0. The van der Waals surface area contributed by atoms with E-state index in [4.69, 9.17) is 0 Å². The maximum absolute atomic E-state index is 13.6. The minimum absolute atomic E-state index is 0.0977. The van der Waals surface area contributed by atoms with Crippen molar-refractivity contribution in [3.63, 3.8) is 0 Å². The molecule has 1 atom stereocenters. The molecule has 0 radical (unpaired) electrons. The van der Waals surface area contributed by atoms with E-state index in [1.807, 2.05) is 6.07 Å². The van der Waals surface area contributed by atoms with E-state index in [0.717, 1.165) is 29.4 Å². The molecule has 1 aromatic rings. The van der Waals surface area contributed by atoms with Gasteiger partial charge >= 0.3 is 0 Å². The molecule has 84 valence electrons. The van der Waals surface area contributed by atoms with Crippen LogP contribution in [0.5, 0.6) is 0 Å². The summed E-state index contributed by atoms with van der Waals surface area (Å²) in [7, 11) is 0. The lowest BCUT2D eigenvalue weighted by Crippen LogP contribution is -2.22. The zero-order valence-corrected chi connectivity index (χ0v) is 10.8.